The molecule has 0 radical (unpaired) electrons. The summed E-state index contributed by atoms with van der Waals surface area (Å²) in [5.41, 5.74) is 4.05. The molecule has 0 saturated heterocycles. The second-order valence-corrected chi connectivity index (χ2v) is 9.10. The lowest BCUT2D eigenvalue weighted by atomic mass is 9.95. The Balaban J connectivity index is 1.86. The van der Waals surface area contributed by atoms with Gasteiger partial charge in [-0.2, -0.15) is 0 Å². The van der Waals surface area contributed by atoms with Crippen LogP contribution in [0.2, 0.25) is 0 Å². The number of amides is 1. The Morgan fingerprint density at radius 2 is 1.77 bits per heavy atom. The van der Waals surface area contributed by atoms with Crippen LogP contribution in [0.25, 0.3) is 11.0 Å². The van der Waals surface area contributed by atoms with E-state index in [2.05, 4.69) is 26.2 Å². The van der Waals surface area contributed by atoms with Crippen LogP contribution in [0, 0.1) is 13.8 Å². The molecule has 0 spiro atoms. The Bertz CT molecular complexity index is 1130. The van der Waals surface area contributed by atoms with E-state index in [4.69, 9.17) is 0 Å². The molecule has 2 aromatic carbocycles. The van der Waals surface area contributed by atoms with Crippen LogP contribution in [-0.4, -0.2) is 21.5 Å². The van der Waals surface area contributed by atoms with Gasteiger partial charge in [-0.15, -0.1) is 0 Å². The van der Waals surface area contributed by atoms with Gasteiger partial charge in [0.15, 0.2) is 0 Å². The highest BCUT2D eigenvalue weighted by Gasteiger charge is 2.28. The zero-order valence-electron chi connectivity index (χ0n) is 17.3. The lowest BCUT2D eigenvalue weighted by Gasteiger charge is -2.27. The van der Waals surface area contributed by atoms with Crippen molar-refractivity contribution in [3.63, 3.8) is 0 Å². The fourth-order valence-corrected chi connectivity index (χ4v) is 4.51. The number of benzene rings is 2. The minimum absolute atomic E-state index is 0.142. The van der Waals surface area contributed by atoms with E-state index in [1.54, 1.807) is 4.57 Å². The van der Waals surface area contributed by atoms with Crippen LogP contribution < -0.4 is 10.9 Å². The van der Waals surface area contributed by atoms with Gasteiger partial charge in [0.2, 0.25) is 5.91 Å². The third-order valence-electron chi connectivity index (χ3n) is 6.05. The third kappa shape index (κ3) is 4.19. The molecule has 156 valence electrons. The predicted molar refractivity (Wildman–Crippen MR) is 123 cm³/mol. The molecule has 1 heterocycles. The molecule has 1 N–H and O–H groups in total. The summed E-state index contributed by atoms with van der Waals surface area (Å²) in [6.45, 7) is 4.03. The molecule has 5 nitrogen and oxygen atoms in total. The van der Waals surface area contributed by atoms with Crippen LogP contribution in [0.5, 0.6) is 0 Å². The van der Waals surface area contributed by atoms with Gasteiger partial charge in [-0.05, 0) is 67.6 Å². The molecule has 1 saturated carbocycles. The highest BCUT2D eigenvalue weighted by molar-refractivity contribution is 9.10. The molecule has 6 heteroatoms. The monoisotopic (exact) mass is 467 g/mol. The molecule has 0 aliphatic heterocycles. The zero-order chi connectivity index (χ0) is 21.3. The minimum atomic E-state index is -0.750. The van der Waals surface area contributed by atoms with Crippen LogP contribution in [0.4, 0.5) is 0 Å². The fourth-order valence-electron chi connectivity index (χ4n) is 4.24. The molecule has 1 aromatic heterocycles. The lowest BCUT2D eigenvalue weighted by molar-refractivity contribution is -0.124. The van der Waals surface area contributed by atoms with Crippen LogP contribution in [-0.2, 0) is 4.79 Å². The van der Waals surface area contributed by atoms with E-state index in [1.165, 1.54) is 12.6 Å². The van der Waals surface area contributed by atoms with Gasteiger partial charge >= 0.3 is 0 Å². The van der Waals surface area contributed by atoms with E-state index in [0.717, 1.165) is 46.8 Å². The van der Waals surface area contributed by atoms with Crippen LogP contribution in [0.3, 0.4) is 0 Å². The van der Waals surface area contributed by atoms with Crippen molar-refractivity contribution in [1.82, 2.24) is 14.9 Å². The number of halogens is 1. The number of fused-ring (bicyclic) bond motifs is 1. The summed E-state index contributed by atoms with van der Waals surface area (Å²) in [6, 6.07) is 10.9. The Hall–Kier alpha value is -2.47. The molecule has 1 fully saturated rings. The first-order valence-electron chi connectivity index (χ1n) is 10.5. The first-order valence-corrected chi connectivity index (χ1v) is 11.3. The summed E-state index contributed by atoms with van der Waals surface area (Å²) in [6.07, 6.45) is 6.77. The van der Waals surface area contributed by atoms with E-state index >= 15 is 0 Å². The van der Waals surface area contributed by atoms with Crippen molar-refractivity contribution in [1.29, 1.82) is 0 Å². The topological polar surface area (TPSA) is 64.0 Å². The molecule has 4 rings (SSSR count). The summed E-state index contributed by atoms with van der Waals surface area (Å²) in [4.78, 5) is 30.9. The molecule has 1 atom stereocenters. The number of aryl methyl sites for hydroxylation is 2. The molecule has 3 aromatic rings. The lowest BCUT2D eigenvalue weighted by Crippen LogP contribution is -2.43. The van der Waals surface area contributed by atoms with E-state index in [1.807, 2.05) is 50.2 Å². The Morgan fingerprint density at radius 1 is 1.10 bits per heavy atom. The third-order valence-corrected chi connectivity index (χ3v) is 6.57. The summed E-state index contributed by atoms with van der Waals surface area (Å²) >= 11 is 3.46. The quantitative estimate of drug-likeness (QED) is 0.598. The van der Waals surface area contributed by atoms with Gasteiger partial charge in [0.05, 0.1) is 17.2 Å². The SMILES string of the molecule is Cc1cc2ncc(=O)n(C(C(=O)NC3CCCCC3)c3ccc(Br)cc3)c2cc1C. The first kappa shape index (κ1) is 20.8. The van der Waals surface area contributed by atoms with Gasteiger partial charge in [-0.1, -0.05) is 47.3 Å². The smallest absolute Gasteiger partial charge is 0.270 e. The van der Waals surface area contributed by atoms with Crippen molar-refractivity contribution in [2.24, 2.45) is 0 Å². The van der Waals surface area contributed by atoms with Gasteiger partial charge in [0.25, 0.3) is 5.56 Å². The number of aromatic nitrogens is 2. The number of carbonyl (C=O) groups excluding carboxylic acids is 1. The molecule has 1 amide bonds. The molecule has 1 aliphatic rings. The van der Waals surface area contributed by atoms with E-state index < -0.39 is 6.04 Å². The number of hydrogen-bond acceptors (Lipinski definition) is 3. The summed E-state index contributed by atoms with van der Waals surface area (Å²) in [5, 5.41) is 3.22. The highest BCUT2D eigenvalue weighted by Crippen LogP contribution is 2.26. The number of nitrogens with one attached hydrogen (secondary N) is 1. The second kappa shape index (κ2) is 8.72. The Morgan fingerprint density at radius 3 is 2.47 bits per heavy atom. The number of rotatable bonds is 4. The molecular formula is C24H26BrN3O2. The molecule has 30 heavy (non-hydrogen) atoms. The number of carbonyl (C=O) groups is 1. The molecule has 1 unspecified atom stereocenters. The first-order chi connectivity index (χ1) is 14.4. The van der Waals surface area contributed by atoms with Gasteiger partial charge in [0, 0.05) is 10.5 Å². The maximum atomic E-state index is 13.5. The van der Waals surface area contributed by atoms with Crippen molar-refractivity contribution in [2.75, 3.05) is 0 Å². The second-order valence-electron chi connectivity index (χ2n) is 8.19. The number of nitrogens with zero attached hydrogens (tertiary/aromatic N) is 2. The summed E-state index contributed by atoms with van der Waals surface area (Å²) in [5.74, 6) is -0.142. The average molecular weight is 468 g/mol. The van der Waals surface area contributed by atoms with E-state index in [9.17, 15) is 9.59 Å². The highest BCUT2D eigenvalue weighted by atomic mass is 79.9. The maximum absolute atomic E-state index is 13.5. The van der Waals surface area contributed by atoms with E-state index in [0.29, 0.717) is 11.0 Å². The van der Waals surface area contributed by atoms with Crippen LogP contribution in [0.1, 0.15) is 54.8 Å². The van der Waals surface area contributed by atoms with Crippen LogP contribution in [0.15, 0.2) is 51.9 Å². The van der Waals surface area contributed by atoms with Gasteiger partial charge < -0.3 is 5.32 Å². The van der Waals surface area contributed by atoms with Gasteiger partial charge in [-0.25, -0.2) is 4.98 Å². The van der Waals surface area contributed by atoms with Gasteiger partial charge in [-0.3, -0.25) is 14.2 Å². The fraction of sp³-hybridized carbons (Fsp3) is 0.375. The van der Waals surface area contributed by atoms with Gasteiger partial charge in [0.1, 0.15) is 6.04 Å². The van der Waals surface area contributed by atoms with Crippen molar-refractivity contribution in [3.8, 4) is 0 Å². The summed E-state index contributed by atoms with van der Waals surface area (Å²) in [7, 11) is 0. The van der Waals surface area contributed by atoms with Crippen molar-refractivity contribution in [3.05, 3.63) is 74.1 Å². The summed E-state index contributed by atoms with van der Waals surface area (Å²) < 4.78 is 2.52. The molecule has 0 bridgehead atoms. The number of hydrogen-bond donors (Lipinski definition) is 1. The standard InChI is InChI=1S/C24H26BrN3O2/c1-15-12-20-21(13-16(15)2)28(22(29)14-26-20)23(17-8-10-18(25)11-9-17)24(30)27-19-6-4-3-5-7-19/h8-14,19,23H,3-7H2,1-2H3,(H,27,30). The van der Waals surface area contributed by atoms with Crippen molar-refractivity contribution < 1.29 is 4.79 Å². The molecule has 1 aliphatic carbocycles. The molecular weight excluding hydrogens is 442 g/mol. The maximum Gasteiger partial charge on any atom is 0.270 e. The van der Waals surface area contributed by atoms with Crippen molar-refractivity contribution >= 4 is 32.9 Å². The zero-order valence-corrected chi connectivity index (χ0v) is 18.9. The minimum Gasteiger partial charge on any atom is -0.351 e. The van der Waals surface area contributed by atoms with Crippen LogP contribution >= 0.6 is 15.9 Å². The van der Waals surface area contributed by atoms with E-state index in [-0.39, 0.29) is 17.5 Å². The Labute approximate surface area is 184 Å². The normalized spacial score (nSPS) is 15.8. The predicted octanol–water partition coefficient (Wildman–Crippen LogP) is 4.81. The largest absolute Gasteiger partial charge is 0.351 e. The van der Waals surface area contributed by atoms with Crippen molar-refractivity contribution in [2.45, 2.75) is 58.0 Å². The Kier molecular flexibility index (Phi) is 6.04. The average Bonchev–Trinajstić information content (AvgIpc) is 2.73.